The fourth-order valence-corrected chi connectivity index (χ4v) is 3.41. The summed E-state index contributed by atoms with van der Waals surface area (Å²) < 4.78 is 7.04. The highest BCUT2D eigenvalue weighted by Gasteiger charge is 2.22. The van der Waals surface area contributed by atoms with Crippen LogP contribution in [-0.4, -0.2) is 82.5 Å². The predicted octanol–water partition coefficient (Wildman–Crippen LogP) is 1.25. The minimum Gasteiger partial charge on any atom is -0.383 e. The van der Waals surface area contributed by atoms with E-state index in [1.807, 2.05) is 35.0 Å². The number of rotatable bonds is 8. The zero-order valence-corrected chi connectivity index (χ0v) is 15.2. The van der Waals surface area contributed by atoms with Crippen molar-refractivity contribution in [2.45, 2.75) is 25.8 Å². The van der Waals surface area contributed by atoms with Crippen molar-refractivity contribution >= 4 is 0 Å². The highest BCUT2D eigenvalue weighted by atomic mass is 16.5. The van der Waals surface area contributed by atoms with Crippen LogP contribution in [0.4, 0.5) is 0 Å². The van der Waals surface area contributed by atoms with Gasteiger partial charge in [-0.15, -0.1) is 5.10 Å². The monoisotopic (exact) mass is 344 g/mol. The first-order valence-corrected chi connectivity index (χ1v) is 9.06. The summed E-state index contributed by atoms with van der Waals surface area (Å²) in [5.74, 6) is 0.929. The quantitative estimate of drug-likeness (QED) is 0.718. The number of hydrogen-bond acceptors (Lipinski definition) is 6. The Morgan fingerprint density at radius 1 is 1.16 bits per heavy atom. The van der Waals surface area contributed by atoms with Gasteiger partial charge in [-0.1, -0.05) is 18.2 Å². The zero-order valence-electron chi connectivity index (χ0n) is 15.2. The van der Waals surface area contributed by atoms with Crippen LogP contribution in [0.5, 0.6) is 0 Å². The Kier molecular flexibility index (Phi) is 6.49. The second kappa shape index (κ2) is 9.03. The molecular formula is C18H28N6O. The molecule has 3 rings (SSSR count). The van der Waals surface area contributed by atoms with Gasteiger partial charge in [0.1, 0.15) is 0 Å². The highest BCUT2D eigenvalue weighted by molar-refractivity contribution is 5.30. The minimum atomic E-state index is 0.582. The summed E-state index contributed by atoms with van der Waals surface area (Å²) in [6.45, 7) is 8.59. The molecule has 0 radical (unpaired) electrons. The molecule has 0 unspecified atom stereocenters. The van der Waals surface area contributed by atoms with E-state index >= 15 is 0 Å². The number of piperazine rings is 1. The number of methoxy groups -OCH3 is 1. The van der Waals surface area contributed by atoms with E-state index in [1.54, 1.807) is 7.11 Å². The summed E-state index contributed by atoms with van der Waals surface area (Å²) in [4.78, 5) is 5.06. The van der Waals surface area contributed by atoms with Crippen molar-refractivity contribution in [3.05, 3.63) is 36.2 Å². The first-order valence-electron chi connectivity index (χ1n) is 9.06. The summed E-state index contributed by atoms with van der Waals surface area (Å²) >= 11 is 0. The number of hydrogen-bond donors (Lipinski definition) is 0. The summed E-state index contributed by atoms with van der Waals surface area (Å²) in [5, 5.41) is 12.2. The molecule has 2 heterocycles. The third kappa shape index (κ3) is 4.84. The van der Waals surface area contributed by atoms with Gasteiger partial charge in [-0.2, -0.15) is 4.68 Å². The van der Waals surface area contributed by atoms with Gasteiger partial charge >= 0.3 is 0 Å². The molecule has 0 N–H and O–H groups in total. The molecule has 1 saturated heterocycles. The maximum Gasteiger partial charge on any atom is 0.156 e. The van der Waals surface area contributed by atoms with E-state index in [2.05, 4.69) is 32.2 Å². The normalized spacial score (nSPS) is 19.4. The second-order valence-electron chi connectivity index (χ2n) is 6.62. The van der Waals surface area contributed by atoms with Crippen LogP contribution < -0.4 is 0 Å². The first kappa shape index (κ1) is 18.0. The van der Waals surface area contributed by atoms with Crippen LogP contribution in [0.3, 0.4) is 0 Å². The summed E-state index contributed by atoms with van der Waals surface area (Å²) in [5.41, 5.74) is 1.02. The lowest BCUT2D eigenvalue weighted by atomic mass is 10.1. The van der Waals surface area contributed by atoms with Crippen LogP contribution in [-0.2, 0) is 11.2 Å². The van der Waals surface area contributed by atoms with Gasteiger partial charge in [0, 0.05) is 45.8 Å². The van der Waals surface area contributed by atoms with Crippen LogP contribution in [0.25, 0.3) is 5.69 Å². The smallest absolute Gasteiger partial charge is 0.156 e. The average Bonchev–Trinajstić information content (AvgIpc) is 3.10. The van der Waals surface area contributed by atoms with E-state index in [0.717, 1.165) is 63.7 Å². The van der Waals surface area contributed by atoms with Crippen molar-refractivity contribution < 1.29 is 4.74 Å². The molecule has 1 fully saturated rings. The molecule has 1 aliphatic heterocycles. The molecule has 1 aliphatic rings. The van der Waals surface area contributed by atoms with Gasteiger partial charge in [-0.05, 0) is 42.4 Å². The fourth-order valence-electron chi connectivity index (χ4n) is 3.41. The summed E-state index contributed by atoms with van der Waals surface area (Å²) in [7, 11) is 1.77. The lowest BCUT2D eigenvalue weighted by Crippen LogP contribution is -2.52. The van der Waals surface area contributed by atoms with Gasteiger partial charge in [0.25, 0.3) is 0 Å². The molecule has 25 heavy (non-hydrogen) atoms. The maximum atomic E-state index is 5.20. The number of para-hydroxylation sites is 1. The minimum absolute atomic E-state index is 0.582. The maximum absolute atomic E-state index is 5.20. The lowest BCUT2D eigenvalue weighted by molar-refractivity contribution is 0.0586. The molecule has 0 spiro atoms. The molecule has 1 aromatic carbocycles. The van der Waals surface area contributed by atoms with Gasteiger partial charge in [-0.3, -0.25) is 4.90 Å². The molecule has 0 aliphatic carbocycles. The molecule has 2 aromatic rings. The van der Waals surface area contributed by atoms with Gasteiger partial charge < -0.3 is 9.64 Å². The predicted molar refractivity (Wildman–Crippen MR) is 96.8 cm³/mol. The number of ether oxygens (including phenoxy) is 1. The topological polar surface area (TPSA) is 59.3 Å². The molecule has 1 aromatic heterocycles. The number of aryl methyl sites for hydroxylation is 1. The van der Waals surface area contributed by atoms with Gasteiger partial charge in [-0.25, -0.2) is 0 Å². The SMILES string of the molecule is COCCN1CCN(CCCc2nnnn2-c2ccccc2)C[C@H]1C. The van der Waals surface area contributed by atoms with Crippen molar-refractivity contribution in [1.82, 2.24) is 30.0 Å². The Morgan fingerprint density at radius 3 is 2.76 bits per heavy atom. The Balaban J connectivity index is 1.46. The lowest BCUT2D eigenvalue weighted by Gasteiger charge is -2.39. The molecule has 136 valence electrons. The number of benzene rings is 1. The van der Waals surface area contributed by atoms with Gasteiger partial charge in [0.15, 0.2) is 5.82 Å². The Hall–Kier alpha value is -1.83. The third-order valence-electron chi connectivity index (χ3n) is 4.84. The molecule has 0 saturated carbocycles. The summed E-state index contributed by atoms with van der Waals surface area (Å²) in [6, 6.07) is 10.7. The molecule has 7 nitrogen and oxygen atoms in total. The molecule has 7 heteroatoms. The summed E-state index contributed by atoms with van der Waals surface area (Å²) in [6.07, 6.45) is 1.96. The highest BCUT2D eigenvalue weighted by Crippen LogP contribution is 2.12. The van der Waals surface area contributed by atoms with Crippen LogP contribution in [0.15, 0.2) is 30.3 Å². The van der Waals surface area contributed by atoms with Crippen molar-refractivity contribution in [1.29, 1.82) is 0 Å². The molecule has 1 atom stereocenters. The second-order valence-corrected chi connectivity index (χ2v) is 6.62. The van der Waals surface area contributed by atoms with Gasteiger partial charge in [0.05, 0.1) is 12.3 Å². The molecular weight excluding hydrogens is 316 g/mol. The Morgan fingerprint density at radius 2 is 2.00 bits per heavy atom. The van der Waals surface area contributed by atoms with Crippen LogP contribution >= 0.6 is 0 Å². The first-order chi connectivity index (χ1) is 12.3. The Labute approximate surface area is 149 Å². The van der Waals surface area contributed by atoms with E-state index < -0.39 is 0 Å². The van der Waals surface area contributed by atoms with Crippen LogP contribution in [0.1, 0.15) is 19.2 Å². The van der Waals surface area contributed by atoms with Crippen molar-refractivity contribution in [3.63, 3.8) is 0 Å². The van der Waals surface area contributed by atoms with E-state index in [9.17, 15) is 0 Å². The van der Waals surface area contributed by atoms with E-state index in [1.165, 1.54) is 0 Å². The van der Waals surface area contributed by atoms with Crippen LogP contribution in [0, 0.1) is 0 Å². The van der Waals surface area contributed by atoms with E-state index in [-0.39, 0.29) is 0 Å². The Bertz CT molecular complexity index is 632. The fraction of sp³-hybridized carbons (Fsp3) is 0.611. The number of nitrogens with zero attached hydrogens (tertiary/aromatic N) is 6. The van der Waals surface area contributed by atoms with Crippen molar-refractivity contribution in [2.75, 3.05) is 46.4 Å². The van der Waals surface area contributed by atoms with Crippen molar-refractivity contribution in [3.8, 4) is 5.69 Å². The van der Waals surface area contributed by atoms with E-state index in [4.69, 9.17) is 4.74 Å². The van der Waals surface area contributed by atoms with E-state index in [0.29, 0.717) is 6.04 Å². The third-order valence-corrected chi connectivity index (χ3v) is 4.84. The van der Waals surface area contributed by atoms with Crippen LogP contribution in [0.2, 0.25) is 0 Å². The molecule has 0 amide bonds. The zero-order chi connectivity index (χ0) is 17.5. The number of aromatic nitrogens is 4. The molecule has 0 bridgehead atoms. The van der Waals surface area contributed by atoms with Crippen molar-refractivity contribution in [2.24, 2.45) is 0 Å². The standard InChI is InChI=1S/C18H28N6O/c1-16-15-22(11-12-23(16)13-14-25-2)10-6-9-18-19-20-21-24(18)17-7-4-3-5-8-17/h3-5,7-8,16H,6,9-15H2,1-2H3/t16-/m1/s1. The number of tetrazole rings is 1. The largest absolute Gasteiger partial charge is 0.383 e. The average molecular weight is 344 g/mol. The van der Waals surface area contributed by atoms with Gasteiger partial charge in [0.2, 0.25) is 0 Å².